The molecular weight excluding hydrogens is 396 g/mol. The Labute approximate surface area is 165 Å². The van der Waals surface area contributed by atoms with Crippen LogP contribution in [0.4, 0.5) is 5.69 Å². The standard InChI is InChI=1S/C19H16N4O5S/c1-11-16(19(26)23(22(11)2)12-6-4-3-5-7-12)21-29(27,28)13-8-9-14-15(10-13)18(25)20-17(14)24/h3-10,21H,1-2H3,(H,20,24,25). The largest absolute Gasteiger partial charge is 0.296 e. The number of rotatable bonds is 4. The van der Waals surface area contributed by atoms with E-state index in [2.05, 4.69) is 10.0 Å². The first-order valence-electron chi connectivity index (χ1n) is 8.57. The van der Waals surface area contributed by atoms with Crippen LogP contribution < -0.4 is 15.6 Å². The molecule has 29 heavy (non-hydrogen) atoms. The number of aromatic nitrogens is 2. The van der Waals surface area contributed by atoms with Crippen LogP contribution in [0.3, 0.4) is 0 Å². The maximum Gasteiger partial charge on any atom is 0.296 e. The van der Waals surface area contributed by atoms with E-state index in [1.807, 2.05) is 6.07 Å². The topological polar surface area (TPSA) is 119 Å². The number of benzene rings is 2. The van der Waals surface area contributed by atoms with Gasteiger partial charge in [-0.05, 0) is 37.3 Å². The number of amides is 2. The third-order valence-electron chi connectivity index (χ3n) is 4.81. The molecule has 2 amide bonds. The Morgan fingerprint density at radius 3 is 2.28 bits per heavy atom. The first-order chi connectivity index (χ1) is 13.7. The van der Waals surface area contributed by atoms with E-state index in [0.29, 0.717) is 11.4 Å². The summed E-state index contributed by atoms with van der Waals surface area (Å²) in [7, 11) is -2.53. The van der Waals surface area contributed by atoms with Crippen molar-refractivity contribution in [2.45, 2.75) is 11.8 Å². The Morgan fingerprint density at radius 2 is 1.59 bits per heavy atom. The number of nitrogens with one attached hydrogen (secondary N) is 2. The molecule has 0 saturated carbocycles. The molecule has 10 heteroatoms. The fourth-order valence-electron chi connectivity index (χ4n) is 3.19. The van der Waals surface area contributed by atoms with Gasteiger partial charge in [0.25, 0.3) is 27.4 Å². The second-order valence-electron chi connectivity index (χ2n) is 6.53. The van der Waals surface area contributed by atoms with E-state index >= 15 is 0 Å². The predicted octanol–water partition coefficient (Wildman–Crippen LogP) is 1.17. The number of nitrogens with zero attached hydrogens (tertiary/aromatic N) is 2. The first-order valence-corrected chi connectivity index (χ1v) is 10.1. The van der Waals surface area contributed by atoms with Crippen molar-refractivity contribution in [3.8, 4) is 5.69 Å². The second kappa shape index (κ2) is 6.45. The summed E-state index contributed by atoms with van der Waals surface area (Å²) < 4.78 is 30.9. The molecule has 0 fully saturated rings. The molecule has 9 nitrogen and oxygen atoms in total. The van der Waals surface area contributed by atoms with E-state index in [4.69, 9.17) is 0 Å². The van der Waals surface area contributed by atoms with Crippen LogP contribution in [-0.2, 0) is 17.1 Å². The summed E-state index contributed by atoms with van der Waals surface area (Å²) in [5.74, 6) is -1.24. The number of fused-ring (bicyclic) bond motifs is 1. The Balaban J connectivity index is 1.77. The summed E-state index contributed by atoms with van der Waals surface area (Å²) >= 11 is 0. The van der Waals surface area contributed by atoms with Gasteiger partial charge >= 0.3 is 0 Å². The predicted molar refractivity (Wildman–Crippen MR) is 105 cm³/mol. The fourth-order valence-corrected chi connectivity index (χ4v) is 4.34. The number of sulfonamides is 1. The Bertz CT molecular complexity index is 1340. The highest BCUT2D eigenvalue weighted by atomic mass is 32.2. The third kappa shape index (κ3) is 2.93. The van der Waals surface area contributed by atoms with E-state index in [-0.39, 0.29) is 21.7 Å². The fraction of sp³-hybridized carbons (Fsp3) is 0.105. The van der Waals surface area contributed by atoms with E-state index in [0.717, 1.165) is 6.07 Å². The summed E-state index contributed by atoms with van der Waals surface area (Å²) in [5.41, 5.74) is 0.449. The van der Waals surface area contributed by atoms with E-state index in [1.54, 1.807) is 42.9 Å². The van der Waals surface area contributed by atoms with Gasteiger partial charge in [-0.25, -0.2) is 13.1 Å². The van der Waals surface area contributed by atoms with Gasteiger partial charge in [0.05, 0.1) is 27.4 Å². The van der Waals surface area contributed by atoms with Crippen molar-refractivity contribution in [1.82, 2.24) is 14.7 Å². The first kappa shape index (κ1) is 18.7. The van der Waals surface area contributed by atoms with Crippen LogP contribution in [0.15, 0.2) is 58.2 Å². The van der Waals surface area contributed by atoms with Crippen molar-refractivity contribution in [3.63, 3.8) is 0 Å². The molecule has 2 N–H and O–H groups in total. The minimum absolute atomic E-state index is 0.0237. The molecule has 0 atom stereocenters. The Hall–Kier alpha value is -3.66. The van der Waals surface area contributed by atoms with E-state index < -0.39 is 27.4 Å². The summed E-state index contributed by atoms with van der Waals surface area (Å²) in [6.45, 7) is 1.62. The van der Waals surface area contributed by atoms with Gasteiger partial charge < -0.3 is 0 Å². The number of para-hydroxylation sites is 1. The lowest BCUT2D eigenvalue weighted by Crippen LogP contribution is -2.23. The van der Waals surface area contributed by atoms with Gasteiger partial charge in [0.15, 0.2) is 0 Å². The summed E-state index contributed by atoms with van der Waals surface area (Å²) in [5, 5.41) is 2.11. The highest BCUT2D eigenvalue weighted by molar-refractivity contribution is 7.92. The number of anilines is 1. The van der Waals surface area contributed by atoms with Gasteiger partial charge in [-0.15, -0.1) is 0 Å². The van der Waals surface area contributed by atoms with Gasteiger partial charge in [-0.2, -0.15) is 0 Å². The molecule has 2 aromatic carbocycles. The molecule has 0 unspecified atom stereocenters. The lowest BCUT2D eigenvalue weighted by atomic mass is 10.1. The minimum atomic E-state index is -4.17. The van der Waals surface area contributed by atoms with Gasteiger partial charge in [0.1, 0.15) is 5.69 Å². The van der Waals surface area contributed by atoms with Crippen molar-refractivity contribution in [3.05, 3.63) is 75.7 Å². The maximum atomic E-state index is 12.9. The molecule has 0 aliphatic carbocycles. The molecule has 1 aromatic heterocycles. The van der Waals surface area contributed by atoms with Gasteiger partial charge in [-0.3, -0.25) is 29.1 Å². The van der Waals surface area contributed by atoms with Crippen molar-refractivity contribution in [2.24, 2.45) is 7.05 Å². The lowest BCUT2D eigenvalue weighted by molar-refractivity contribution is 0.0879. The van der Waals surface area contributed by atoms with Crippen LogP contribution in [0.25, 0.3) is 5.69 Å². The Kier molecular flexibility index (Phi) is 4.16. The lowest BCUT2D eigenvalue weighted by Gasteiger charge is -2.08. The average molecular weight is 412 g/mol. The average Bonchev–Trinajstić information content (AvgIpc) is 3.10. The number of carbonyl (C=O) groups excluding carboxylic acids is 2. The molecule has 0 radical (unpaired) electrons. The molecule has 4 rings (SSSR count). The zero-order valence-corrected chi connectivity index (χ0v) is 16.3. The monoisotopic (exact) mass is 412 g/mol. The highest BCUT2D eigenvalue weighted by Crippen LogP contribution is 2.23. The van der Waals surface area contributed by atoms with Crippen molar-refractivity contribution < 1.29 is 18.0 Å². The number of imide groups is 1. The van der Waals surface area contributed by atoms with E-state index in [1.165, 1.54) is 16.8 Å². The van der Waals surface area contributed by atoms with Crippen LogP contribution in [0, 0.1) is 6.92 Å². The Morgan fingerprint density at radius 1 is 0.931 bits per heavy atom. The van der Waals surface area contributed by atoms with E-state index in [9.17, 15) is 22.8 Å². The third-order valence-corrected chi connectivity index (χ3v) is 6.16. The SMILES string of the molecule is Cc1c(NS(=O)(=O)c2ccc3c(c2)C(=O)NC3=O)c(=O)n(-c2ccccc2)n1C. The maximum absolute atomic E-state index is 12.9. The molecule has 2 heterocycles. The summed E-state index contributed by atoms with van der Waals surface area (Å²) in [6, 6.07) is 12.4. The van der Waals surface area contributed by atoms with Crippen molar-refractivity contribution >= 4 is 27.5 Å². The van der Waals surface area contributed by atoms with Crippen LogP contribution in [0.5, 0.6) is 0 Å². The minimum Gasteiger partial charge on any atom is -0.288 e. The molecule has 1 aliphatic rings. The smallest absolute Gasteiger partial charge is 0.288 e. The molecular formula is C19H16N4O5S. The van der Waals surface area contributed by atoms with Gasteiger partial charge in [-0.1, -0.05) is 18.2 Å². The van der Waals surface area contributed by atoms with Crippen LogP contribution in [-0.4, -0.2) is 29.6 Å². The molecule has 148 valence electrons. The van der Waals surface area contributed by atoms with Crippen molar-refractivity contribution in [1.29, 1.82) is 0 Å². The van der Waals surface area contributed by atoms with Crippen molar-refractivity contribution in [2.75, 3.05) is 4.72 Å². The summed E-state index contributed by atoms with van der Waals surface area (Å²) in [6.07, 6.45) is 0. The molecule has 0 bridgehead atoms. The molecule has 0 spiro atoms. The molecule has 1 aliphatic heterocycles. The highest BCUT2D eigenvalue weighted by Gasteiger charge is 2.29. The molecule has 0 saturated heterocycles. The normalized spacial score (nSPS) is 13.3. The van der Waals surface area contributed by atoms with Gasteiger partial charge in [0, 0.05) is 7.05 Å². The zero-order valence-electron chi connectivity index (χ0n) is 15.5. The number of hydrogen-bond acceptors (Lipinski definition) is 5. The summed E-state index contributed by atoms with van der Waals surface area (Å²) in [4.78, 5) is 36.2. The number of carbonyl (C=O) groups is 2. The van der Waals surface area contributed by atoms with Crippen LogP contribution in [0.1, 0.15) is 26.4 Å². The quantitative estimate of drug-likeness (QED) is 0.624. The zero-order chi connectivity index (χ0) is 20.9. The van der Waals surface area contributed by atoms with Crippen LogP contribution in [0.2, 0.25) is 0 Å². The number of hydrogen-bond donors (Lipinski definition) is 2. The second-order valence-corrected chi connectivity index (χ2v) is 8.22. The molecule has 3 aromatic rings. The van der Waals surface area contributed by atoms with Crippen LogP contribution >= 0.6 is 0 Å². The van der Waals surface area contributed by atoms with Gasteiger partial charge in [0.2, 0.25) is 0 Å².